The van der Waals surface area contributed by atoms with Gasteiger partial charge in [0.25, 0.3) is 0 Å². The molecule has 0 aromatic heterocycles. The number of amides is 3. The van der Waals surface area contributed by atoms with Gasteiger partial charge in [0.15, 0.2) is 0 Å². The molecule has 192 valence electrons. The molecule has 0 radical (unpaired) electrons. The van der Waals surface area contributed by atoms with Crippen LogP contribution in [-0.2, 0) is 32.0 Å². The molecule has 2 aromatic carbocycles. The Hall–Kier alpha value is -3.74. The molecule has 2 saturated heterocycles. The van der Waals surface area contributed by atoms with Gasteiger partial charge >= 0.3 is 5.97 Å². The summed E-state index contributed by atoms with van der Waals surface area (Å²) in [5.74, 6) is -2.02. The van der Waals surface area contributed by atoms with Gasteiger partial charge in [0, 0.05) is 24.7 Å². The molecule has 0 spiro atoms. The van der Waals surface area contributed by atoms with E-state index in [1.54, 1.807) is 29.2 Å². The van der Waals surface area contributed by atoms with E-state index in [-0.39, 0.29) is 48.3 Å². The highest BCUT2D eigenvalue weighted by Gasteiger charge is 2.48. The summed E-state index contributed by atoms with van der Waals surface area (Å²) in [5, 5.41) is 0. The van der Waals surface area contributed by atoms with Crippen LogP contribution in [0, 0.1) is 17.8 Å². The molecule has 0 unspecified atom stereocenters. The Kier molecular flexibility index (Phi) is 6.71. The van der Waals surface area contributed by atoms with Crippen molar-refractivity contribution in [3.8, 4) is 5.75 Å². The molecular formula is C30H32N2O5. The number of rotatable bonds is 6. The summed E-state index contributed by atoms with van der Waals surface area (Å²) in [6, 6.07) is 12.6. The number of imide groups is 1. The summed E-state index contributed by atoms with van der Waals surface area (Å²) in [6.45, 7) is 6.36. The third-order valence-electron chi connectivity index (χ3n) is 7.81. The number of aryl methyl sites for hydroxylation is 2. The standard InChI is InChI=1S/C30H32N2O5/c1-4-19-8-6-9-20(5-2)27(19)31-17-21(15-26(31)33)30(36)37-23-11-7-10-22(16-23)32-28(34)24-13-12-18(3)14-25(24)29(32)35/h6-12,16,21,24-25H,4-5,13-15,17H2,1-3H3/t21-,24+,25-/m1/s1. The number of para-hydroxylation sites is 1. The summed E-state index contributed by atoms with van der Waals surface area (Å²) < 4.78 is 5.67. The van der Waals surface area contributed by atoms with E-state index >= 15 is 0 Å². The summed E-state index contributed by atoms with van der Waals surface area (Å²) >= 11 is 0. The van der Waals surface area contributed by atoms with Gasteiger partial charge in [0.2, 0.25) is 17.7 Å². The van der Waals surface area contributed by atoms with Crippen LogP contribution in [0.2, 0.25) is 0 Å². The molecule has 7 nitrogen and oxygen atoms in total. The fourth-order valence-electron chi connectivity index (χ4n) is 5.82. The highest BCUT2D eigenvalue weighted by molar-refractivity contribution is 6.22. The zero-order valence-corrected chi connectivity index (χ0v) is 21.5. The SMILES string of the molecule is CCc1cccc(CC)c1N1C[C@H](C(=O)Oc2cccc(N3C(=O)[C@H]4CC=C(C)C[C@H]4C3=O)c2)CC1=O. The number of esters is 1. The Bertz CT molecular complexity index is 1290. The Labute approximate surface area is 217 Å². The van der Waals surface area contributed by atoms with Crippen LogP contribution < -0.4 is 14.5 Å². The maximum atomic E-state index is 13.1. The van der Waals surface area contributed by atoms with Crippen molar-refractivity contribution in [2.45, 2.75) is 52.9 Å². The molecule has 3 amide bonds. The lowest BCUT2D eigenvalue weighted by Crippen LogP contribution is -2.31. The Morgan fingerprint density at radius 2 is 1.62 bits per heavy atom. The minimum Gasteiger partial charge on any atom is -0.426 e. The zero-order chi connectivity index (χ0) is 26.3. The smallest absolute Gasteiger partial charge is 0.316 e. The average Bonchev–Trinajstić information content (AvgIpc) is 3.40. The monoisotopic (exact) mass is 500 g/mol. The van der Waals surface area contributed by atoms with Gasteiger partial charge in [-0.2, -0.15) is 0 Å². The molecule has 37 heavy (non-hydrogen) atoms. The second-order valence-corrected chi connectivity index (χ2v) is 10.2. The molecule has 0 N–H and O–H groups in total. The number of nitrogens with zero attached hydrogens (tertiary/aromatic N) is 2. The van der Waals surface area contributed by atoms with Gasteiger partial charge in [-0.1, -0.05) is 49.8 Å². The van der Waals surface area contributed by atoms with E-state index in [1.807, 2.05) is 31.2 Å². The summed E-state index contributed by atoms with van der Waals surface area (Å²) in [6.07, 6.45) is 4.86. The fraction of sp³-hybridized carbons (Fsp3) is 0.400. The first-order chi connectivity index (χ1) is 17.8. The van der Waals surface area contributed by atoms with Crippen LogP contribution in [0.25, 0.3) is 0 Å². The first-order valence-corrected chi connectivity index (χ1v) is 13.1. The van der Waals surface area contributed by atoms with E-state index < -0.39 is 11.9 Å². The van der Waals surface area contributed by atoms with Gasteiger partial charge in [-0.25, -0.2) is 4.90 Å². The normalized spacial score (nSPS) is 23.4. The highest BCUT2D eigenvalue weighted by Crippen LogP contribution is 2.40. The van der Waals surface area contributed by atoms with E-state index in [2.05, 4.69) is 13.8 Å². The molecule has 2 heterocycles. The quantitative estimate of drug-likeness (QED) is 0.250. The fourth-order valence-corrected chi connectivity index (χ4v) is 5.82. The van der Waals surface area contributed by atoms with Crippen LogP contribution in [-0.4, -0.2) is 30.2 Å². The molecule has 3 atom stereocenters. The third kappa shape index (κ3) is 4.47. The predicted molar refractivity (Wildman–Crippen MR) is 140 cm³/mol. The molecule has 2 aliphatic heterocycles. The van der Waals surface area contributed by atoms with Crippen LogP contribution in [0.15, 0.2) is 54.1 Å². The van der Waals surface area contributed by atoms with Crippen molar-refractivity contribution < 1.29 is 23.9 Å². The van der Waals surface area contributed by atoms with Crippen LogP contribution >= 0.6 is 0 Å². The lowest BCUT2D eigenvalue weighted by molar-refractivity contribution is -0.139. The largest absolute Gasteiger partial charge is 0.426 e. The van der Waals surface area contributed by atoms with Gasteiger partial charge in [-0.05, 0) is 55.9 Å². The van der Waals surface area contributed by atoms with Gasteiger partial charge in [-0.3, -0.25) is 19.2 Å². The van der Waals surface area contributed by atoms with Crippen molar-refractivity contribution in [3.63, 3.8) is 0 Å². The van der Waals surface area contributed by atoms with E-state index in [4.69, 9.17) is 4.74 Å². The Morgan fingerprint density at radius 3 is 2.32 bits per heavy atom. The van der Waals surface area contributed by atoms with Crippen molar-refractivity contribution in [2.24, 2.45) is 17.8 Å². The highest BCUT2D eigenvalue weighted by atomic mass is 16.5. The zero-order valence-electron chi connectivity index (χ0n) is 21.5. The molecule has 0 saturated carbocycles. The van der Waals surface area contributed by atoms with E-state index in [0.717, 1.165) is 35.2 Å². The molecule has 2 aromatic rings. The molecule has 0 bridgehead atoms. The van der Waals surface area contributed by atoms with Crippen molar-refractivity contribution >= 4 is 35.1 Å². The van der Waals surface area contributed by atoms with Crippen LogP contribution in [0.4, 0.5) is 11.4 Å². The van der Waals surface area contributed by atoms with Gasteiger partial charge < -0.3 is 9.64 Å². The summed E-state index contributed by atoms with van der Waals surface area (Å²) in [4.78, 5) is 55.1. The molecular weight excluding hydrogens is 468 g/mol. The van der Waals surface area contributed by atoms with Gasteiger partial charge in [0.1, 0.15) is 5.75 Å². The van der Waals surface area contributed by atoms with E-state index in [1.165, 1.54) is 4.90 Å². The van der Waals surface area contributed by atoms with Gasteiger partial charge in [0.05, 0.1) is 23.4 Å². The van der Waals surface area contributed by atoms with Crippen molar-refractivity contribution in [1.82, 2.24) is 0 Å². The lowest BCUT2D eigenvalue weighted by atomic mass is 9.82. The summed E-state index contributed by atoms with van der Waals surface area (Å²) in [7, 11) is 0. The number of hydrogen-bond donors (Lipinski definition) is 0. The topological polar surface area (TPSA) is 84.0 Å². The number of benzene rings is 2. The van der Waals surface area contributed by atoms with Gasteiger partial charge in [-0.15, -0.1) is 0 Å². The predicted octanol–water partition coefficient (Wildman–Crippen LogP) is 4.62. The van der Waals surface area contributed by atoms with Crippen molar-refractivity contribution in [1.29, 1.82) is 0 Å². The third-order valence-corrected chi connectivity index (χ3v) is 7.81. The molecule has 2 fully saturated rings. The van der Waals surface area contributed by atoms with Crippen molar-refractivity contribution in [2.75, 3.05) is 16.3 Å². The van der Waals surface area contributed by atoms with Crippen LogP contribution in [0.1, 0.15) is 51.2 Å². The number of fused-ring (bicyclic) bond motifs is 1. The molecule has 1 aliphatic carbocycles. The first kappa shape index (κ1) is 24.9. The minimum absolute atomic E-state index is 0.0819. The minimum atomic E-state index is -0.599. The maximum absolute atomic E-state index is 13.1. The first-order valence-electron chi connectivity index (χ1n) is 13.1. The second kappa shape index (κ2) is 9.96. The molecule has 7 heteroatoms. The second-order valence-electron chi connectivity index (χ2n) is 10.2. The number of carbonyl (C=O) groups is 4. The molecule has 3 aliphatic rings. The number of ether oxygens (including phenoxy) is 1. The summed E-state index contributed by atoms with van der Waals surface area (Å²) in [5.41, 5.74) is 4.60. The number of anilines is 2. The maximum Gasteiger partial charge on any atom is 0.316 e. The number of carbonyl (C=O) groups excluding carboxylic acids is 4. The number of hydrogen-bond acceptors (Lipinski definition) is 5. The van der Waals surface area contributed by atoms with E-state index in [9.17, 15) is 19.2 Å². The Morgan fingerprint density at radius 1 is 0.946 bits per heavy atom. The average molecular weight is 501 g/mol. The lowest BCUT2D eigenvalue weighted by Gasteiger charge is -2.23. The Balaban J connectivity index is 1.31. The van der Waals surface area contributed by atoms with Crippen molar-refractivity contribution in [3.05, 3.63) is 65.2 Å². The number of allylic oxidation sites excluding steroid dienone is 2. The van der Waals surface area contributed by atoms with E-state index in [0.29, 0.717) is 18.5 Å². The van der Waals surface area contributed by atoms with Crippen LogP contribution in [0.5, 0.6) is 5.75 Å². The molecule has 5 rings (SSSR count). The van der Waals surface area contributed by atoms with Crippen LogP contribution in [0.3, 0.4) is 0 Å².